The van der Waals surface area contributed by atoms with Gasteiger partial charge >= 0.3 is 17.9 Å². The molecule has 1 unspecified atom stereocenters. The van der Waals surface area contributed by atoms with E-state index in [2.05, 4.69) is 130 Å². The van der Waals surface area contributed by atoms with Crippen LogP contribution in [0.5, 0.6) is 0 Å². The fraction of sp³-hybridized carbons (Fsp3) is 0.720. The Labute approximate surface area is 501 Å². The van der Waals surface area contributed by atoms with E-state index < -0.39 is 6.10 Å². The molecular weight excluding hydrogens is 997 g/mol. The molecule has 0 aliphatic heterocycles. The van der Waals surface area contributed by atoms with Crippen LogP contribution in [0.4, 0.5) is 0 Å². The van der Waals surface area contributed by atoms with Gasteiger partial charge in [0.25, 0.3) is 0 Å². The van der Waals surface area contributed by atoms with E-state index in [1.807, 2.05) is 0 Å². The highest BCUT2D eigenvalue weighted by atomic mass is 16.6. The minimum Gasteiger partial charge on any atom is -0.462 e. The summed E-state index contributed by atoms with van der Waals surface area (Å²) in [5.74, 6) is -0.883. The van der Waals surface area contributed by atoms with E-state index in [0.29, 0.717) is 19.3 Å². The second kappa shape index (κ2) is 68.6. The average molecular weight is 1130 g/mol. The Balaban J connectivity index is 4.29. The monoisotopic (exact) mass is 1120 g/mol. The minimum atomic E-state index is -0.785. The van der Waals surface area contributed by atoms with Gasteiger partial charge in [-0.1, -0.05) is 310 Å². The van der Waals surface area contributed by atoms with Crippen LogP contribution in [0.25, 0.3) is 0 Å². The number of unbranched alkanes of at least 4 members (excludes halogenated alkanes) is 33. The number of hydrogen-bond donors (Lipinski definition) is 0. The third kappa shape index (κ3) is 66.8. The van der Waals surface area contributed by atoms with Gasteiger partial charge in [0, 0.05) is 19.3 Å². The lowest BCUT2D eigenvalue weighted by Crippen LogP contribution is -2.30. The van der Waals surface area contributed by atoms with Crippen LogP contribution < -0.4 is 0 Å². The molecule has 0 saturated carbocycles. The molecule has 0 aromatic carbocycles. The zero-order valence-corrected chi connectivity index (χ0v) is 53.3. The molecule has 6 heteroatoms. The summed E-state index contributed by atoms with van der Waals surface area (Å²) in [6.07, 6.45) is 93.9. The highest BCUT2D eigenvalue weighted by molar-refractivity contribution is 5.71. The van der Waals surface area contributed by atoms with E-state index >= 15 is 0 Å². The summed E-state index contributed by atoms with van der Waals surface area (Å²) in [4.78, 5) is 38.4. The maximum Gasteiger partial charge on any atom is 0.306 e. The van der Waals surface area contributed by atoms with Crippen LogP contribution in [0.1, 0.15) is 329 Å². The first-order valence-corrected chi connectivity index (χ1v) is 34.4. The van der Waals surface area contributed by atoms with Crippen LogP contribution in [0.3, 0.4) is 0 Å². The van der Waals surface area contributed by atoms with E-state index in [0.717, 1.165) is 116 Å². The second-order valence-electron chi connectivity index (χ2n) is 22.7. The predicted molar refractivity (Wildman–Crippen MR) is 353 cm³/mol. The molecule has 0 aromatic rings. The number of allylic oxidation sites excluding steroid dienone is 18. The molecular formula is C75H128O6. The first-order valence-electron chi connectivity index (χ1n) is 34.4. The van der Waals surface area contributed by atoms with Crippen LogP contribution in [0, 0.1) is 0 Å². The number of ether oxygens (including phenoxy) is 3. The molecule has 0 heterocycles. The van der Waals surface area contributed by atoms with E-state index in [1.165, 1.54) is 173 Å². The second-order valence-corrected chi connectivity index (χ2v) is 22.7. The third-order valence-corrected chi connectivity index (χ3v) is 14.8. The van der Waals surface area contributed by atoms with Gasteiger partial charge in [-0.15, -0.1) is 0 Å². The van der Waals surface area contributed by atoms with Crippen molar-refractivity contribution >= 4 is 17.9 Å². The lowest BCUT2D eigenvalue weighted by Gasteiger charge is -2.18. The molecule has 0 radical (unpaired) electrons. The summed E-state index contributed by atoms with van der Waals surface area (Å²) in [5, 5.41) is 0. The average Bonchev–Trinajstić information content (AvgIpc) is 3.47. The van der Waals surface area contributed by atoms with Gasteiger partial charge in [-0.25, -0.2) is 0 Å². The Kier molecular flexibility index (Phi) is 65.2. The Morgan fingerprint density at radius 2 is 0.481 bits per heavy atom. The van der Waals surface area contributed by atoms with Gasteiger partial charge in [-0.05, 0) is 109 Å². The summed E-state index contributed by atoms with van der Waals surface area (Å²) >= 11 is 0. The first kappa shape index (κ1) is 77.1. The fourth-order valence-electron chi connectivity index (χ4n) is 9.63. The van der Waals surface area contributed by atoms with Crippen molar-refractivity contribution < 1.29 is 28.6 Å². The molecule has 0 aliphatic rings. The van der Waals surface area contributed by atoms with Crippen molar-refractivity contribution in [3.63, 3.8) is 0 Å². The maximum absolute atomic E-state index is 12.9. The molecule has 0 saturated heterocycles. The van der Waals surface area contributed by atoms with Crippen LogP contribution in [-0.4, -0.2) is 37.2 Å². The summed E-state index contributed by atoms with van der Waals surface area (Å²) < 4.78 is 16.9. The molecule has 0 aliphatic carbocycles. The van der Waals surface area contributed by atoms with Crippen molar-refractivity contribution in [2.45, 2.75) is 335 Å². The minimum absolute atomic E-state index is 0.0799. The van der Waals surface area contributed by atoms with Crippen molar-refractivity contribution in [3.05, 3.63) is 109 Å². The SMILES string of the molecule is CC/C=C\C/C=C\C/C=C\C/C=C\C/C=C\C/C=C\C/C=C\CCCCCCCCCC(=O)OCC(COC(=O)CCCCCCCCCCCCC)OC(=O)CCCCCCCCCCCCC/C=C\C/C=C\CCCCCCC. The van der Waals surface area contributed by atoms with Crippen LogP contribution in [0.2, 0.25) is 0 Å². The quantitative estimate of drug-likeness (QED) is 0.0261. The number of esters is 3. The lowest BCUT2D eigenvalue weighted by molar-refractivity contribution is -0.167. The summed E-state index contributed by atoms with van der Waals surface area (Å²) in [6.45, 7) is 6.53. The predicted octanol–water partition coefficient (Wildman–Crippen LogP) is 23.8. The summed E-state index contributed by atoms with van der Waals surface area (Å²) in [7, 11) is 0. The van der Waals surface area contributed by atoms with Crippen molar-refractivity contribution in [3.8, 4) is 0 Å². The normalized spacial score (nSPS) is 12.8. The number of carbonyl (C=O) groups excluding carboxylic acids is 3. The van der Waals surface area contributed by atoms with E-state index in [1.54, 1.807) is 0 Å². The number of carbonyl (C=O) groups is 3. The van der Waals surface area contributed by atoms with Crippen LogP contribution in [0.15, 0.2) is 109 Å². The largest absolute Gasteiger partial charge is 0.462 e. The molecule has 0 bridgehead atoms. The van der Waals surface area contributed by atoms with Crippen LogP contribution in [-0.2, 0) is 28.6 Å². The van der Waals surface area contributed by atoms with Crippen molar-refractivity contribution in [1.82, 2.24) is 0 Å². The zero-order chi connectivity index (χ0) is 58.5. The number of rotatable bonds is 62. The number of hydrogen-bond acceptors (Lipinski definition) is 6. The van der Waals surface area contributed by atoms with Gasteiger partial charge in [0.2, 0.25) is 0 Å². The standard InChI is InChI=1S/C75H128O6/c1-4-7-10-13-16-19-22-24-26-28-30-32-34-35-36-37-38-39-41-42-44-46-48-50-53-56-59-62-65-68-74(77)80-71-72(70-79-73(76)67-64-61-58-55-52-21-18-15-12-9-6-3)81-75(78)69-66-63-60-57-54-51-49-47-45-43-40-33-31-29-27-25-23-20-17-14-11-8-5-2/h7,10,16,19,23-26,29-32,35-36,38-39,42,44,72H,4-6,8-9,11-15,17-18,20-22,27-28,33-34,37,40-41,43,45-71H2,1-3H3/b10-7-,19-16-,25-23-,26-24-,31-29-,32-30-,36-35-,39-38-,44-42-. The molecule has 6 nitrogen and oxygen atoms in total. The van der Waals surface area contributed by atoms with Crippen LogP contribution >= 0.6 is 0 Å². The van der Waals surface area contributed by atoms with Gasteiger partial charge < -0.3 is 14.2 Å². The molecule has 0 spiro atoms. The summed E-state index contributed by atoms with van der Waals surface area (Å²) in [5.41, 5.74) is 0. The van der Waals surface area contributed by atoms with Gasteiger partial charge in [-0.3, -0.25) is 14.4 Å². The third-order valence-electron chi connectivity index (χ3n) is 14.8. The Morgan fingerprint density at radius 1 is 0.259 bits per heavy atom. The van der Waals surface area contributed by atoms with Gasteiger partial charge in [0.05, 0.1) is 0 Å². The molecule has 0 N–H and O–H groups in total. The highest BCUT2D eigenvalue weighted by Gasteiger charge is 2.19. The first-order chi connectivity index (χ1) is 40.0. The van der Waals surface area contributed by atoms with Gasteiger partial charge in [0.15, 0.2) is 6.10 Å². The van der Waals surface area contributed by atoms with E-state index in [9.17, 15) is 14.4 Å². The Morgan fingerprint density at radius 3 is 0.753 bits per heavy atom. The summed E-state index contributed by atoms with van der Waals surface area (Å²) in [6, 6.07) is 0. The topological polar surface area (TPSA) is 78.9 Å². The molecule has 81 heavy (non-hydrogen) atoms. The zero-order valence-electron chi connectivity index (χ0n) is 53.3. The molecule has 464 valence electrons. The van der Waals surface area contributed by atoms with Crippen molar-refractivity contribution in [2.75, 3.05) is 13.2 Å². The molecule has 1 atom stereocenters. The molecule has 0 aromatic heterocycles. The van der Waals surface area contributed by atoms with Gasteiger partial charge in [0.1, 0.15) is 13.2 Å². The fourth-order valence-corrected chi connectivity index (χ4v) is 9.63. The lowest BCUT2D eigenvalue weighted by atomic mass is 10.0. The smallest absolute Gasteiger partial charge is 0.306 e. The van der Waals surface area contributed by atoms with E-state index in [-0.39, 0.29) is 31.1 Å². The molecule has 0 fully saturated rings. The van der Waals surface area contributed by atoms with E-state index in [4.69, 9.17) is 14.2 Å². The highest BCUT2D eigenvalue weighted by Crippen LogP contribution is 2.16. The molecule has 0 amide bonds. The molecule has 0 rings (SSSR count). The Bertz CT molecular complexity index is 1620. The van der Waals surface area contributed by atoms with Crippen molar-refractivity contribution in [2.24, 2.45) is 0 Å². The van der Waals surface area contributed by atoms with Crippen molar-refractivity contribution in [1.29, 1.82) is 0 Å². The maximum atomic E-state index is 12.9. The van der Waals surface area contributed by atoms with Gasteiger partial charge in [-0.2, -0.15) is 0 Å². The Hall–Kier alpha value is -3.93.